The number of hydrogen-bond acceptors (Lipinski definition) is 3. The van der Waals surface area contributed by atoms with Crippen molar-refractivity contribution < 1.29 is 9.59 Å². The van der Waals surface area contributed by atoms with Crippen LogP contribution in [0.4, 0.5) is 0 Å². The molecule has 0 radical (unpaired) electrons. The molecule has 2 amide bonds. The predicted molar refractivity (Wildman–Crippen MR) is 91.3 cm³/mol. The Morgan fingerprint density at radius 2 is 1.68 bits per heavy atom. The molecular weight excluding hydrogens is 302 g/mol. The largest absolute Gasteiger partial charge is 0.353 e. The van der Waals surface area contributed by atoms with Gasteiger partial charge in [0.2, 0.25) is 11.8 Å². The lowest BCUT2D eigenvalue weighted by Gasteiger charge is -2.07. The molecule has 1 aromatic rings. The van der Waals surface area contributed by atoms with Gasteiger partial charge in [0.1, 0.15) is 0 Å². The maximum atomic E-state index is 11.7. The Bertz CT molecular complexity index is 449. The van der Waals surface area contributed by atoms with Crippen molar-refractivity contribution in [3.8, 4) is 0 Å². The molecule has 0 aliphatic heterocycles. The van der Waals surface area contributed by atoms with Gasteiger partial charge in [0.25, 0.3) is 0 Å². The van der Waals surface area contributed by atoms with Crippen LogP contribution in [0.25, 0.3) is 0 Å². The fraction of sp³-hybridized carbons (Fsp3) is 0.500. The van der Waals surface area contributed by atoms with Crippen LogP contribution in [0.2, 0.25) is 0 Å². The van der Waals surface area contributed by atoms with E-state index in [0.717, 1.165) is 18.7 Å². The highest BCUT2D eigenvalue weighted by Gasteiger charge is 2.05. The molecule has 5 nitrogen and oxygen atoms in total. The van der Waals surface area contributed by atoms with Gasteiger partial charge in [-0.2, -0.15) is 0 Å². The van der Waals surface area contributed by atoms with E-state index in [9.17, 15) is 9.59 Å². The molecule has 0 atom stereocenters. The molecule has 0 fully saturated rings. The first-order valence-corrected chi connectivity index (χ1v) is 7.41. The van der Waals surface area contributed by atoms with E-state index in [1.54, 1.807) is 0 Å². The monoisotopic (exact) mass is 327 g/mol. The van der Waals surface area contributed by atoms with Crippen LogP contribution in [-0.4, -0.2) is 38.0 Å². The second-order valence-electron chi connectivity index (χ2n) is 4.97. The minimum atomic E-state index is -0.156. The summed E-state index contributed by atoms with van der Waals surface area (Å²) in [5.74, 6) is -0.256. The van der Waals surface area contributed by atoms with Crippen LogP contribution in [-0.2, 0) is 16.0 Å². The number of amides is 2. The SMILES string of the molecule is CCNCCNC(=O)CNC(=O)CCc1ccc(C)cc1.Cl. The van der Waals surface area contributed by atoms with Crippen molar-refractivity contribution in [2.24, 2.45) is 0 Å². The number of carbonyl (C=O) groups is 2. The summed E-state index contributed by atoms with van der Waals surface area (Å²) in [4.78, 5) is 23.1. The topological polar surface area (TPSA) is 70.2 Å². The van der Waals surface area contributed by atoms with E-state index in [1.807, 2.05) is 38.1 Å². The van der Waals surface area contributed by atoms with Crippen molar-refractivity contribution in [2.45, 2.75) is 26.7 Å². The van der Waals surface area contributed by atoms with Crippen molar-refractivity contribution in [2.75, 3.05) is 26.2 Å². The van der Waals surface area contributed by atoms with E-state index in [2.05, 4.69) is 16.0 Å². The first-order chi connectivity index (χ1) is 10.1. The Morgan fingerprint density at radius 1 is 1.00 bits per heavy atom. The molecule has 0 saturated carbocycles. The standard InChI is InChI=1S/C16H25N3O2.ClH/c1-3-17-10-11-18-16(21)12-19-15(20)9-8-14-6-4-13(2)5-7-14;/h4-7,17H,3,8-12H2,1-2H3,(H,18,21)(H,19,20);1H. The van der Waals surface area contributed by atoms with E-state index >= 15 is 0 Å². The quantitative estimate of drug-likeness (QED) is 0.597. The highest BCUT2D eigenvalue weighted by molar-refractivity contribution is 5.85. The Balaban J connectivity index is 0.00000441. The van der Waals surface area contributed by atoms with E-state index in [4.69, 9.17) is 0 Å². The van der Waals surface area contributed by atoms with Gasteiger partial charge < -0.3 is 16.0 Å². The number of hydrogen-bond donors (Lipinski definition) is 3. The summed E-state index contributed by atoms with van der Waals surface area (Å²) in [6, 6.07) is 8.11. The van der Waals surface area contributed by atoms with Gasteiger partial charge in [0.15, 0.2) is 0 Å². The van der Waals surface area contributed by atoms with Crippen molar-refractivity contribution in [3.05, 3.63) is 35.4 Å². The first kappa shape index (κ1) is 20.4. The number of likely N-dealkylation sites (N-methyl/N-ethyl adjacent to an activating group) is 1. The highest BCUT2D eigenvalue weighted by atomic mass is 35.5. The van der Waals surface area contributed by atoms with E-state index in [0.29, 0.717) is 19.4 Å². The normalized spacial score (nSPS) is 9.73. The summed E-state index contributed by atoms with van der Waals surface area (Å²) >= 11 is 0. The number of benzene rings is 1. The van der Waals surface area contributed by atoms with Gasteiger partial charge in [-0.25, -0.2) is 0 Å². The molecule has 0 bridgehead atoms. The van der Waals surface area contributed by atoms with Gasteiger partial charge in [-0.15, -0.1) is 12.4 Å². The number of rotatable bonds is 9. The van der Waals surface area contributed by atoms with Crippen LogP contribution < -0.4 is 16.0 Å². The van der Waals surface area contributed by atoms with Crippen molar-refractivity contribution in [3.63, 3.8) is 0 Å². The summed E-state index contributed by atoms with van der Waals surface area (Å²) in [6.45, 7) is 6.28. The fourth-order valence-corrected chi connectivity index (χ4v) is 1.81. The maximum absolute atomic E-state index is 11.7. The van der Waals surface area contributed by atoms with Crippen LogP contribution in [0.5, 0.6) is 0 Å². The van der Waals surface area contributed by atoms with Crippen molar-refractivity contribution in [1.82, 2.24) is 16.0 Å². The van der Waals surface area contributed by atoms with Crippen molar-refractivity contribution >= 4 is 24.2 Å². The molecule has 0 unspecified atom stereocenters. The molecule has 0 aliphatic carbocycles. The average molecular weight is 328 g/mol. The third kappa shape index (κ3) is 9.37. The molecule has 124 valence electrons. The van der Waals surface area contributed by atoms with Gasteiger partial charge in [0, 0.05) is 19.5 Å². The lowest BCUT2D eigenvalue weighted by atomic mass is 10.1. The Kier molecular flexibility index (Phi) is 11.1. The zero-order valence-electron chi connectivity index (χ0n) is 13.3. The molecular formula is C16H26ClN3O2. The van der Waals surface area contributed by atoms with Gasteiger partial charge in [-0.05, 0) is 25.5 Å². The second kappa shape index (κ2) is 12.0. The molecule has 6 heteroatoms. The summed E-state index contributed by atoms with van der Waals surface area (Å²) in [5.41, 5.74) is 2.34. The minimum Gasteiger partial charge on any atom is -0.353 e. The molecule has 1 aromatic carbocycles. The van der Waals surface area contributed by atoms with Gasteiger partial charge in [0.05, 0.1) is 6.54 Å². The molecule has 1 rings (SSSR count). The Labute approximate surface area is 138 Å². The smallest absolute Gasteiger partial charge is 0.239 e. The Morgan fingerprint density at radius 3 is 2.32 bits per heavy atom. The number of carbonyl (C=O) groups excluding carboxylic acids is 2. The average Bonchev–Trinajstić information content (AvgIpc) is 2.49. The fourth-order valence-electron chi connectivity index (χ4n) is 1.81. The Hall–Kier alpha value is -1.59. The third-order valence-electron chi connectivity index (χ3n) is 3.08. The molecule has 3 N–H and O–H groups in total. The lowest BCUT2D eigenvalue weighted by Crippen LogP contribution is -2.39. The predicted octanol–water partition coefficient (Wildman–Crippen LogP) is 1.19. The minimum absolute atomic E-state index is 0. The van der Waals surface area contributed by atoms with Gasteiger partial charge >= 0.3 is 0 Å². The van der Waals surface area contributed by atoms with Crippen LogP contribution in [0, 0.1) is 6.92 Å². The van der Waals surface area contributed by atoms with Crippen LogP contribution >= 0.6 is 12.4 Å². The van der Waals surface area contributed by atoms with E-state index in [1.165, 1.54) is 5.56 Å². The van der Waals surface area contributed by atoms with Crippen LogP contribution in [0.3, 0.4) is 0 Å². The molecule has 0 aliphatic rings. The molecule has 0 saturated heterocycles. The van der Waals surface area contributed by atoms with Gasteiger partial charge in [-0.3, -0.25) is 9.59 Å². The highest BCUT2D eigenvalue weighted by Crippen LogP contribution is 2.05. The summed E-state index contributed by atoms with van der Waals surface area (Å²) in [6.07, 6.45) is 1.09. The molecule has 0 heterocycles. The first-order valence-electron chi connectivity index (χ1n) is 7.41. The van der Waals surface area contributed by atoms with E-state index < -0.39 is 0 Å². The zero-order chi connectivity index (χ0) is 15.5. The zero-order valence-corrected chi connectivity index (χ0v) is 14.1. The van der Waals surface area contributed by atoms with Gasteiger partial charge in [-0.1, -0.05) is 36.8 Å². The number of halogens is 1. The molecule has 0 aromatic heterocycles. The summed E-state index contributed by atoms with van der Waals surface area (Å²) < 4.78 is 0. The number of aryl methyl sites for hydroxylation is 2. The van der Waals surface area contributed by atoms with Crippen molar-refractivity contribution in [1.29, 1.82) is 0 Å². The summed E-state index contributed by atoms with van der Waals surface area (Å²) in [7, 11) is 0. The third-order valence-corrected chi connectivity index (χ3v) is 3.08. The maximum Gasteiger partial charge on any atom is 0.239 e. The van der Waals surface area contributed by atoms with Crippen LogP contribution in [0.1, 0.15) is 24.5 Å². The second-order valence-corrected chi connectivity index (χ2v) is 4.97. The number of nitrogens with one attached hydrogen (secondary N) is 3. The van der Waals surface area contributed by atoms with E-state index in [-0.39, 0.29) is 30.8 Å². The summed E-state index contributed by atoms with van der Waals surface area (Å²) in [5, 5.41) is 8.48. The molecule has 0 spiro atoms. The lowest BCUT2D eigenvalue weighted by molar-refractivity contribution is -0.126. The molecule has 22 heavy (non-hydrogen) atoms. The van der Waals surface area contributed by atoms with Crippen LogP contribution in [0.15, 0.2) is 24.3 Å².